The van der Waals surface area contributed by atoms with Gasteiger partial charge in [0.25, 0.3) is 10.0 Å². The Hall–Kier alpha value is -2.52. The Balaban J connectivity index is 2.00. The van der Waals surface area contributed by atoms with Crippen LogP contribution in [0.15, 0.2) is 46.1 Å². The molecule has 0 aliphatic heterocycles. The van der Waals surface area contributed by atoms with Crippen LogP contribution in [0, 0.1) is 0 Å². The molecule has 1 heterocycles. The number of nitrogens with zero attached hydrogens (tertiary/aromatic N) is 1. The van der Waals surface area contributed by atoms with E-state index < -0.39 is 10.0 Å². The number of aryl methyl sites for hydroxylation is 1. The minimum absolute atomic E-state index is 0.0267. The number of rotatable bonds is 7. The maximum Gasteiger partial charge on any atom is 0.308 e. The van der Waals surface area contributed by atoms with Gasteiger partial charge in [-0.25, -0.2) is 8.42 Å². The molecule has 0 saturated heterocycles. The summed E-state index contributed by atoms with van der Waals surface area (Å²) in [5.41, 5.74) is 1.17. The molecule has 27 heavy (non-hydrogen) atoms. The number of nitrogens with one attached hydrogen (secondary N) is 1. The van der Waals surface area contributed by atoms with Crippen LogP contribution in [0.5, 0.6) is 11.5 Å². The van der Waals surface area contributed by atoms with E-state index in [0.29, 0.717) is 18.0 Å². The van der Waals surface area contributed by atoms with Crippen LogP contribution in [-0.2, 0) is 16.6 Å². The summed E-state index contributed by atoms with van der Waals surface area (Å²) in [7, 11) is -1.04. The molecule has 144 valence electrons. The molecule has 0 fully saturated rings. The summed E-state index contributed by atoms with van der Waals surface area (Å²) in [5.74, 6) is 0.615. The predicted octanol–water partition coefficient (Wildman–Crippen LogP) is 3.29. The molecule has 0 saturated carbocycles. The normalized spacial score (nSPS) is 11.5. The number of sulfonamides is 1. The molecule has 0 amide bonds. The Bertz CT molecular complexity index is 1130. The zero-order valence-electron chi connectivity index (χ0n) is 15.2. The molecular weight excluding hydrogens is 388 g/mol. The van der Waals surface area contributed by atoms with E-state index in [2.05, 4.69) is 4.72 Å². The summed E-state index contributed by atoms with van der Waals surface area (Å²) in [5, 5.41) is 0. The van der Waals surface area contributed by atoms with Crippen molar-refractivity contribution < 1.29 is 17.9 Å². The van der Waals surface area contributed by atoms with Crippen LogP contribution >= 0.6 is 11.3 Å². The maximum absolute atomic E-state index is 12.8. The molecule has 0 unspecified atom stereocenters. The molecule has 0 radical (unpaired) electrons. The van der Waals surface area contributed by atoms with Crippen molar-refractivity contribution in [3.05, 3.63) is 46.1 Å². The fourth-order valence-electron chi connectivity index (χ4n) is 2.77. The van der Waals surface area contributed by atoms with Crippen LogP contribution in [0.1, 0.15) is 13.3 Å². The number of thiazole rings is 1. The van der Waals surface area contributed by atoms with E-state index in [9.17, 15) is 13.2 Å². The average Bonchev–Trinajstić information content (AvgIpc) is 2.96. The van der Waals surface area contributed by atoms with Crippen LogP contribution in [-0.4, -0.2) is 27.2 Å². The minimum Gasteiger partial charge on any atom is -0.497 e. The first-order chi connectivity index (χ1) is 12.9. The molecule has 0 atom stereocenters. The Morgan fingerprint density at radius 3 is 2.56 bits per heavy atom. The summed E-state index contributed by atoms with van der Waals surface area (Å²) in [4.78, 5) is 12.0. The second-order valence-electron chi connectivity index (χ2n) is 5.82. The molecule has 7 nitrogen and oxygen atoms in total. The molecule has 1 aromatic heterocycles. The highest BCUT2D eigenvalue weighted by Crippen LogP contribution is 2.30. The van der Waals surface area contributed by atoms with Crippen molar-refractivity contribution in [1.82, 2.24) is 4.57 Å². The van der Waals surface area contributed by atoms with Crippen molar-refractivity contribution >= 4 is 37.3 Å². The van der Waals surface area contributed by atoms with E-state index in [1.807, 2.05) is 6.92 Å². The third kappa shape index (κ3) is 3.79. The first-order valence-electron chi connectivity index (χ1n) is 8.28. The average molecular weight is 409 g/mol. The van der Waals surface area contributed by atoms with Crippen molar-refractivity contribution in [3.8, 4) is 11.5 Å². The van der Waals surface area contributed by atoms with Gasteiger partial charge in [-0.2, -0.15) is 0 Å². The number of methoxy groups -OCH3 is 2. The number of hydrogen-bond acceptors (Lipinski definition) is 6. The minimum atomic E-state index is -3.91. The lowest BCUT2D eigenvalue weighted by Crippen LogP contribution is -2.14. The molecule has 3 aromatic rings. The molecule has 1 N–H and O–H groups in total. The number of anilines is 1. The van der Waals surface area contributed by atoms with Crippen LogP contribution in [0.3, 0.4) is 0 Å². The third-order valence-electron chi connectivity index (χ3n) is 4.03. The summed E-state index contributed by atoms with van der Waals surface area (Å²) in [6.45, 7) is 2.63. The van der Waals surface area contributed by atoms with E-state index in [0.717, 1.165) is 28.0 Å². The smallest absolute Gasteiger partial charge is 0.308 e. The zero-order valence-corrected chi connectivity index (χ0v) is 16.8. The number of aromatic nitrogens is 1. The van der Waals surface area contributed by atoms with Gasteiger partial charge in [0.15, 0.2) is 0 Å². The third-order valence-corrected chi connectivity index (χ3v) is 6.37. The van der Waals surface area contributed by atoms with Gasteiger partial charge in [0.2, 0.25) is 0 Å². The monoisotopic (exact) mass is 408 g/mol. The number of benzene rings is 2. The van der Waals surface area contributed by atoms with Crippen LogP contribution < -0.4 is 19.1 Å². The summed E-state index contributed by atoms with van der Waals surface area (Å²) < 4.78 is 41.0. The van der Waals surface area contributed by atoms with Gasteiger partial charge < -0.3 is 9.47 Å². The fraction of sp³-hybridized carbons (Fsp3) is 0.278. The van der Waals surface area contributed by atoms with E-state index in [1.165, 1.54) is 26.4 Å². The summed E-state index contributed by atoms with van der Waals surface area (Å²) in [6.07, 6.45) is 0.843. The summed E-state index contributed by atoms with van der Waals surface area (Å²) >= 11 is 1.10. The first kappa shape index (κ1) is 19.2. The predicted molar refractivity (Wildman–Crippen MR) is 107 cm³/mol. The number of hydrogen-bond donors (Lipinski definition) is 1. The van der Waals surface area contributed by atoms with Gasteiger partial charge in [-0.3, -0.25) is 14.1 Å². The molecule has 0 bridgehead atoms. The Morgan fingerprint density at radius 2 is 1.89 bits per heavy atom. The number of ether oxygens (including phenoxy) is 2. The Labute approximate surface area is 161 Å². The van der Waals surface area contributed by atoms with Crippen molar-refractivity contribution in [2.24, 2.45) is 0 Å². The molecule has 3 rings (SSSR count). The van der Waals surface area contributed by atoms with E-state index >= 15 is 0 Å². The highest BCUT2D eigenvalue weighted by molar-refractivity contribution is 7.92. The SMILES string of the molecule is CCCn1c(=O)sc2cc(NS(=O)(=O)c3cc(OC)ccc3OC)ccc21. The lowest BCUT2D eigenvalue weighted by molar-refractivity contribution is 0.392. The Kier molecular flexibility index (Phi) is 5.43. The van der Waals surface area contributed by atoms with Crippen LogP contribution in [0.4, 0.5) is 5.69 Å². The molecular formula is C18H20N2O5S2. The van der Waals surface area contributed by atoms with Crippen molar-refractivity contribution in [1.29, 1.82) is 0 Å². The van der Waals surface area contributed by atoms with E-state index in [1.54, 1.807) is 28.8 Å². The van der Waals surface area contributed by atoms with E-state index in [-0.39, 0.29) is 15.5 Å². The van der Waals surface area contributed by atoms with Crippen molar-refractivity contribution in [2.45, 2.75) is 24.8 Å². The highest BCUT2D eigenvalue weighted by Gasteiger charge is 2.21. The molecule has 0 aliphatic carbocycles. The van der Waals surface area contributed by atoms with Gasteiger partial charge in [0.1, 0.15) is 16.4 Å². The lowest BCUT2D eigenvalue weighted by Gasteiger charge is -2.13. The van der Waals surface area contributed by atoms with Crippen molar-refractivity contribution in [3.63, 3.8) is 0 Å². The zero-order chi connectivity index (χ0) is 19.6. The van der Waals surface area contributed by atoms with Gasteiger partial charge in [-0.05, 0) is 36.8 Å². The van der Waals surface area contributed by atoms with Crippen LogP contribution in [0.25, 0.3) is 10.2 Å². The standard InChI is InChI=1S/C18H20N2O5S2/c1-4-9-20-14-7-5-12(10-16(14)26-18(20)21)19-27(22,23)17-11-13(24-2)6-8-15(17)25-3/h5-8,10-11,19H,4,9H2,1-3H3. The topological polar surface area (TPSA) is 86.6 Å². The number of fused-ring (bicyclic) bond motifs is 1. The van der Waals surface area contributed by atoms with E-state index in [4.69, 9.17) is 9.47 Å². The lowest BCUT2D eigenvalue weighted by atomic mass is 10.3. The molecule has 2 aromatic carbocycles. The van der Waals surface area contributed by atoms with Gasteiger partial charge in [-0.15, -0.1) is 0 Å². The fourth-order valence-corrected chi connectivity index (χ4v) is 4.96. The Morgan fingerprint density at radius 1 is 1.11 bits per heavy atom. The second-order valence-corrected chi connectivity index (χ2v) is 8.47. The summed E-state index contributed by atoms with van der Waals surface area (Å²) in [6, 6.07) is 9.62. The second kappa shape index (κ2) is 7.61. The highest BCUT2D eigenvalue weighted by atomic mass is 32.2. The molecule has 0 aliphatic rings. The van der Waals surface area contributed by atoms with Gasteiger partial charge in [-0.1, -0.05) is 18.3 Å². The van der Waals surface area contributed by atoms with Crippen molar-refractivity contribution in [2.75, 3.05) is 18.9 Å². The first-order valence-corrected chi connectivity index (χ1v) is 10.6. The van der Waals surface area contributed by atoms with Gasteiger partial charge >= 0.3 is 4.87 Å². The van der Waals surface area contributed by atoms with Crippen LogP contribution in [0.2, 0.25) is 0 Å². The molecule has 0 spiro atoms. The maximum atomic E-state index is 12.8. The quantitative estimate of drug-likeness (QED) is 0.648. The van der Waals surface area contributed by atoms with Gasteiger partial charge in [0, 0.05) is 12.6 Å². The van der Waals surface area contributed by atoms with Gasteiger partial charge in [0.05, 0.1) is 30.1 Å². The largest absolute Gasteiger partial charge is 0.497 e. The molecule has 9 heteroatoms.